The van der Waals surface area contributed by atoms with E-state index in [2.05, 4.69) is 21.7 Å². The molecule has 0 saturated carbocycles. The lowest BCUT2D eigenvalue weighted by molar-refractivity contribution is 0.440. The Morgan fingerprint density at radius 3 is 2.53 bits per heavy atom. The maximum atomic E-state index is 2.37. The third kappa shape index (κ3) is 5.32. The van der Waals surface area contributed by atoms with E-state index in [1.807, 2.05) is 5.57 Å². The summed E-state index contributed by atoms with van der Waals surface area (Å²) in [4.78, 5) is 0. The third-order valence-corrected chi connectivity index (χ3v) is 4.43. The second-order valence-electron chi connectivity index (χ2n) is 5.80. The molecule has 98 valence electrons. The minimum absolute atomic E-state index is 0.944. The van der Waals surface area contributed by atoms with Gasteiger partial charge in [0.1, 0.15) is 7.85 Å². The van der Waals surface area contributed by atoms with Gasteiger partial charge < -0.3 is 0 Å². The van der Waals surface area contributed by atoms with Crippen molar-refractivity contribution >= 4 is 7.85 Å². The summed E-state index contributed by atoms with van der Waals surface area (Å²) >= 11 is 0. The van der Waals surface area contributed by atoms with Crippen molar-refractivity contribution in [1.82, 2.24) is 0 Å². The Labute approximate surface area is 110 Å². The van der Waals surface area contributed by atoms with E-state index in [1.54, 1.807) is 5.57 Å². The summed E-state index contributed by atoms with van der Waals surface area (Å²) in [6.07, 6.45) is 15.7. The van der Waals surface area contributed by atoms with Crippen LogP contribution in [-0.4, -0.2) is 7.85 Å². The van der Waals surface area contributed by atoms with Gasteiger partial charge in [0, 0.05) is 0 Å². The Morgan fingerprint density at radius 1 is 1.12 bits per heavy atom. The lowest BCUT2D eigenvalue weighted by Crippen LogP contribution is -2.11. The second-order valence-corrected chi connectivity index (χ2v) is 5.80. The molecule has 0 bridgehead atoms. The maximum Gasteiger partial charge on any atom is 0.106 e. The van der Waals surface area contributed by atoms with Gasteiger partial charge in [0.25, 0.3) is 0 Å². The first kappa shape index (κ1) is 14.9. The zero-order chi connectivity index (χ0) is 12.5. The molecule has 0 aliphatic heterocycles. The fraction of sp³-hybridized carbons (Fsp3) is 0.875. The number of unbranched alkanes of at least 4 members (excludes halogenated alkanes) is 5. The number of hydrogen-bond donors (Lipinski definition) is 0. The maximum absolute atomic E-state index is 2.37. The van der Waals surface area contributed by atoms with Crippen LogP contribution in [-0.2, 0) is 0 Å². The molecule has 17 heavy (non-hydrogen) atoms. The molecule has 1 rings (SSSR count). The van der Waals surface area contributed by atoms with Gasteiger partial charge >= 0.3 is 0 Å². The van der Waals surface area contributed by atoms with Crippen molar-refractivity contribution in [3.63, 3.8) is 0 Å². The molecule has 1 aliphatic carbocycles. The number of hydrogen-bond acceptors (Lipinski definition) is 0. The van der Waals surface area contributed by atoms with Gasteiger partial charge in [-0.1, -0.05) is 62.9 Å². The zero-order valence-electron chi connectivity index (χ0n) is 12.4. The molecule has 1 atom stereocenters. The van der Waals surface area contributed by atoms with Crippen LogP contribution in [0.2, 0.25) is 6.32 Å². The minimum atomic E-state index is 0.944. The first-order valence-electron chi connectivity index (χ1n) is 7.98. The topological polar surface area (TPSA) is 0 Å². The van der Waals surface area contributed by atoms with Crippen LogP contribution in [0.15, 0.2) is 11.1 Å². The molecule has 1 aliphatic rings. The molecule has 0 spiro atoms. The molecule has 0 heterocycles. The van der Waals surface area contributed by atoms with E-state index < -0.39 is 0 Å². The highest BCUT2D eigenvalue weighted by Crippen LogP contribution is 2.35. The minimum Gasteiger partial charge on any atom is -0.0760 e. The van der Waals surface area contributed by atoms with Crippen LogP contribution in [0.25, 0.3) is 0 Å². The van der Waals surface area contributed by atoms with Gasteiger partial charge in [-0.15, -0.1) is 0 Å². The van der Waals surface area contributed by atoms with Gasteiger partial charge in [-0.05, 0) is 38.5 Å². The Kier molecular flexibility index (Phi) is 7.72. The highest BCUT2D eigenvalue weighted by atomic mass is 14.2. The van der Waals surface area contributed by atoms with Gasteiger partial charge in [-0.2, -0.15) is 0 Å². The van der Waals surface area contributed by atoms with Crippen LogP contribution in [0.1, 0.15) is 78.1 Å². The average Bonchev–Trinajstić information content (AvgIpc) is 2.34. The van der Waals surface area contributed by atoms with E-state index >= 15 is 0 Å². The fourth-order valence-electron chi connectivity index (χ4n) is 3.38. The smallest absolute Gasteiger partial charge is 0.0760 e. The first-order valence-corrected chi connectivity index (χ1v) is 7.98. The molecular weight excluding hydrogens is 203 g/mol. The summed E-state index contributed by atoms with van der Waals surface area (Å²) in [7, 11) is 2.35. The van der Waals surface area contributed by atoms with Crippen molar-refractivity contribution in [3.05, 3.63) is 11.1 Å². The molecular formula is C16H31B. The molecule has 0 aromatic carbocycles. The Hall–Kier alpha value is -0.195. The summed E-state index contributed by atoms with van der Waals surface area (Å²) in [5.41, 5.74) is 3.53. The van der Waals surface area contributed by atoms with Crippen molar-refractivity contribution < 1.29 is 0 Å². The molecule has 0 fully saturated rings. The SMILES string of the molecule is BCC1=C(C)CCCC1CCCCCCCC. The molecule has 0 saturated heterocycles. The van der Waals surface area contributed by atoms with E-state index in [1.165, 1.54) is 70.5 Å². The van der Waals surface area contributed by atoms with Crippen LogP contribution < -0.4 is 0 Å². The quantitative estimate of drug-likeness (QED) is 0.318. The summed E-state index contributed by atoms with van der Waals surface area (Å²) in [5.74, 6) is 0.944. The molecule has 0 radical (unpaired) electrons. The zero-order valence-corrected chi connectivity index (χ0v) is 12.4. The lowest BCUT2D eigenvalue weighted by Gasteiger charge is -2.27. The summed E-state index contributed by atoms with van der Waals surface area (Å²) in [6.45, 7) is 4.66. The molecule has 1 unspecified atom stereocenters. The third-order valence-electron chi connectivity index (χ3n) is 4.43. The molecule has 0 aromatic heterocycles. The molecule has 0 aromatic rings. The Morgan fingerprint density at radius 2 is 1.82 bits per heavy atom. The van der Waals surface area contributed by atoms with E-state index in [0.717, 1.165) is 5.92 Å². The molecule has 1 heteroatoms. The van der Waals surface area contributed by atoms with Crippen LogP contribution in [0.3, 0.4) is 0 Å². The summed E-state index contributed by atoms with van der Waals surface area (Å²) in [6, 6.07) is 0. The molecule has 0 nitrogen and oxygen atoms in total. The number of allylic oxidation sites excluding steroid dienone is 2. The van der Waals surface area contributed by atoms with E-state index in [-0.39, 0.29) is 0 Å². The van der Waals surface area contributed by atoms with Crippen LogP contribution >= 0.6 is 0 Å². The van der Waals surface area contributed by atoms with E-state index in [4.69, 9.17) is 0 Å². The first-order chi connectivity index (χ1) is 8.29. The van der Waals surface area contributed by atoms with Crippen molar-refractivity contribution in [2.24, 2.45) is 5.92 Å². The second kappa shape index (κ2) is 8.83. The predicted octanol–water partition coefficient (Wildman–Crippen LogP) is 4.91. The van der Waals surface area contributed by atoms with Crippen molar-refractivity contribution in [2.45, 2.75) is 84.4 Å². The number of rotatable bonds is 8. The Bertz CT molecular complexity index is 230. The fourth-order valence-corrected chi connectivity index (χ4v) is 3.38. The predicted molar refractivity (Wildman–Crippen MR) is 81.4 cm³/mol. The summed E-state index contributed by atoms with van der Waals surface area (Å²) < 4.78 is 0. The van der Waals surface area contributed by atoms with E-state index in [0.29, 0.717) is 0 Å². The highest BCUT2D eigenvalue weighted by Gasteiger charge is 2.18. The monoisotopic (exact) mass is 234 g/mol. The van der Waals surface area contributed by atoms with Crippen LogP contribution in [0.5, 0.6) is 0 Å². The average molecular weight is 234 g/mol. The largest absolute Gasteiger partial charge is 0.106 e. The van der Waals surface area contributed by atoms with Crippen LogP contribution in [0.4, 0.5) is 0 Å². The van der Waals surface area contributed by atoms with Gasteiger partial charge in [-0.3, -0.25) is 0 Å². The van der Waals surface area contributed by atoms with Gasteiger partial charge in [-0.25, -0.2) is 0 Å². The Balaban J connectivity index is 2.19. The highest BCUT2D eigenvalue weighted by molar-refractivity contribution is 6.10. The van der Waals surface area contributed by atoms with Gasteiger partial charge in [0.05, 0.1) is 0 Å². The normalized spacial score (nSPS) is 20.9. The molecule has 0 amide bonds. The van der Waals surface area contributed by atoms with Crippen LogP contribution in [0, 0.1) is 5.92 Å². The summed E-state index contributed by atoms with van der Waals surface area (Å²) in [5, 5.41) is 0. The standard InChI is InChI=1S/C16H31B/c1-3-4-5-6-7-8-11-15-12-9-10-14(2)16(15)13-17/h15H,3-13,17H2,1-2H3. The van der Waals surface area contributed by atoms with Crippen molar-refractivity contribution in [3.8, 4) is 0 Å². The lowest BCUT2D eigenvalue weighted by atomic mass is 9.75. The van der Waals surface area contributed by atoms with Crippen molar-refractivity contribution in [2.75, 3.05) is 0 Å². The van der Waals surface area contributed by atoms with Crippen molar-refractivity contribution in [1.29, 1.82) is 0 Å². The molecule has 0 N–H and O–H groups in total. The van der Waals surface area contributed by atoms with Gasteiger partial charge in [0.2, 0.25) is 0 Å². The van der Waals surface area contributed by atoms with E-state index in [9.17, 15) is 0 Å². The van der Waals surface area contributed by atoms with Gasteiger partial charge in [0.15, 0.2) is 0 Å².